The van der Waals surface area contributed by atoms with Crippen LogP contribution in [0.1, 0.15) is 50.2 Å². The third-order valence-electron chi connectivity index (χ3n) is 6.34. The molecule has 5 nitrogen and oxygen atoms in total. The van der Waals surface area contributed by atoms with Crippen molar-refractivity contribution in [1.82, 2.24) is 10.2 Å². The van der Waals surface area contributed by atoms with Gasteiger partial charge in [0.2, 0.25) is 5.91 Å². The van der Waals surface area contributed by atoms with E-state index in [0.717, 1.165) is 31.8 Å². The normalized spacial score (nSPS) is 30.6. The van der Waals surface area contributed by atoms with E-state index in [4.69, 9.17) is 4.74 Å². The maximum Gasteiger partial charge on any atom is 0.221 e. The maximum absolute atomic E-state index is 12.6. The van der Waals surface area contributed by atoms with Crippen LogP contribution in [0.3, 0.4) is 0 Å². The molecule has 1 saturated heterocycles. The zero-order chi connectivity index (χ0) is 18.3. The summed E-state index contributed by atoms with van der Waals surface area (Å²) in [5.74, 6) is 0.899. The molecule has 0 aromatic heterocycles. The Balaban J connectivity index is 1.47. The van der Waals surface area contributed by atoms with Gasteiger partial charge in [-0.1, -0.05) is 24.6 Å². The number of hydrogen-bond donors (Lipinski definition) is 1. The van der Waals surface area contributed by atoms with Crippen LogP contribution < -0.4 is 10.1 Å². The highest BCUT2D eigenvalue weighted by Gasteiger charge is 2.54. The molecule has 0 radical (unpaired) electrons. The second-order valence-corrected chi connectivity index (χ2v) is 8.27. The van der Waals surface area contributed by atoms with Crippen LogP contribution in [-0.4, -0.2) is 48.4 Å². The first-order chi connectivity index (χ1) is 12.5. The molecule has 1 amide bonds. The summed E-state index contributed by atoms with van der Waals surface area (Å²) in [6, 6.07) is 5.64. The number of hydrogen-bond acceptors (Lipinski definition) is 4. The molecule has 140 valence electrons. The van der Waals surface area contributed by atoms with Crippen molar-refractivity contribution in [2.24, 2.45) is 0 Å². The molecule has 1 aromatic carbocycles. The second kappa shape index (κ2) is 6.69. The Morgan fingerprint density at radius 1 is 1.35 bits per heavy atom. The fraction of sp³-hybridized carbons (Fsp3) is 0.619. The van der Waals surface area contributed by atoms with Gasteiger partial charge in [-0.25, -0.2) is 0 Å². The average molecular weight is 356 g/mol. The molecule has 0 bridgehead atoms. The van der Waals surface area contributed by atoms with Crippen LogP contribution >= 0.6 is 0 Å². The standard InChI is InChI=1S/C21H28N2O3/c1-14-5-6-17-15(13-14)21(2)9-7-16(24)19(20(21)26-17)22-18(25)8-12-23-10-3-4-11-23/h5-6,13,19-20H,3-4,7-12H2,1-2H3,(H,22,25)/t19-,20-,21-/m0/s1. The molecule has 1 aliphatic carbocycles. The summed E-state index contributed by atoms with van der Waals surface area (Å²) >= 11 is 0. The highest BCUT2D eigenvalue weighted by atomic mass is 16.5. The van der Waals surface area contributed by atoms with Gasteiger partial charge in [0.1, 0.15) is 17.9 Å². The molecular formula is C21H28N2O3. The summed E-state index contributed by atoms with van der Waals surface area (Å²) in [7, 11) is 0. The predicted octanol–water partition coefficient (Wildman–Crippen LogP) is 2.35. The Morgan fingerprint density at radius 2 is 2.12 bits per heavy atom. The van der Waals surface area contributed by atoms with E-state index in [9.17, 15) is 9.59 Å². The number of rotatable bonds is 4. The molecular weight excluding hydrogens is 328 g/mol. The molecule has 0 unspecified atom stereocenters. The van der Waals surface area contributed by atoms with Crippen LogP contribution in [0.5, 0.6) is 5.75 Å². The molecule has 0 spiro atoms. The molecule has 26 heavy (non-hydrogen) atoms. The molecule has 2 fully saturated rings. The van der Waals surface area contributed by atoms with Gasteiger partial charge in [0, 0.05) is 30.4 Å². The van der Waals surface area contributed by atoms with Crippen LogP contribution in [0.25, 0.3) is 0 Å². The summed E-state index contributed by atoms with van der Waals surface area (Å²) < 4.78 is 6.18. The van der Waals surface area contributed by atoms with Gasteiger partial charge in [-0.15, -0.1) is 0 Å². The molecule has 1 aromatic rings. The van der Waals surface area contributed by atoms with Crippen molar-refractivity contribution >= 4 is 11.7 Å². The maximum atomic E-state index is 12.6. The van der Waals surface area contributed by atoms with Gasteiger partial charge in [0.15, 0.2) is 5.78 Å². The summed E-state index contributed by atoms with van der Waals surface area (Å²) in [4.78, 5) is 27.4. The van der Waals surface area contributed by atoms with E-state index in [1.807, 2.05) is 12.1 Å². The van der Waals surface area contributed by atoms with Gasteiger partial charge in [0.05, 0.1) is 0 Å². The predicted molar refractivity (Wildman–Crippen MR) is 99.4 cm³/mol. The molecule has 2 aliphatic heterocycles. The van der Waals surface area contributed by atoms with E-state index in [0.29, 0.717) is 12.8 Å². The lowest BCUT2D eigenvalue weighted by Gasteiger charge is -2.39. The molecule has 4 rings (SSSR count). The number of ketones is 1. The van der Waals surface area contributed by atoms with E-state index in [-0.39, 0.29) is 23.2 Å². The van der Waals surface area contributed by atoms with Crippen LogP contribution in [0.2, 0.25) is 0 Å². The molecule has 3 aliphatic rings. The van der Waals surface area contributed by atoms with Crippen LogP contribution in [0.4, 0.5) is 0 Å². The van der Waals surface area contributed by atoms with E-state index < -0.39 is 6.04 Å². The number of aryl methyl sites for hydroxylation is 1. The van der Waals surface area contributed by atoms with Crippen molar-refractivity contribution in [3.8, 4) is 5.75 Å². The second-order valence-electron chi connectivity index (χ2n) is 8.27. The number of nitrogens with zero attached hydrogens (tertiary/aromatic N) is 1. The van der Waals surface area contributed by atoms with Crippen molar-refractivity contribution in [1.29, 1.82) is 0 Å². The minimum Gasteiger partial charge on any atom is -0.487 e. The van der Waals surface area contributed by atoms with Crippen molar-refractivity contribution in [3.05, 3.63) is 29.3 Å². The Morgan fingerprint density at radius 3 is 2.88 bits per heavy atom. The topological polar surface area (TPSA) is 58.6 Å². The Labute approximate surface area is 155 Å². The number of carbonyl (C=O) groups excluding carboxylic acids is 2. The largest absolute Gasteiger partial charge is 0.487 e. The lowest BCUT2D eigenvalue weighted by atomic mass is 9.67. The molecule has 1 N–H and O–H groups in total. The summed E-state index contributed by atoms with van der Waals surface area (Å²) in [5, 5.41) is 3.00. The van der Waals surface area contributed by atoms with Crippen molar-refractivity contribution < 1.29 is 14.3 Å². The molecule has 5 heteroatoms. The lowest BCUT2D eigenvalue weighted by Crippen LogP contribution is -2.59. The van der Waals surface area contributed by atoms with Gasteiger partial charge < -0.3 is 15.0 Å². The van der Waals surface area contributed by atoms with E-state index in [1.54, 1.807) is 0 Å². The van der Waals surface area contributed by atoms with E-state index in [1.165, 1.54) is 24.0 Å². The smallest absolute Gasteiger partial charge is 0.221 e. The van der Waals surface area contributed by atoms with E-state index in [2.05, 4.69) is 30.1 Å². The first-order valence-corrected chi connectivity index (χ1v) is 9.79. The fourth-order valence-electron chi connectivity index (χ4n) is 4.70. The summed E-state index contributed by atoms with van der Waals surface area (Å²) in [5.41, 5.74) is 2.14. The lowest BCUT2D eigenvalue weighted by molar-refractivity contribution is -0.133. The van der Waals surface area contributed by atoms with Crippen LogP contribution in [0.15, 0.2) is 18.2 Å². The summed E-state index contributed by atoms with van der Waals surface area (Å²) in [6.45, 7) is 7.17. The monoisotopic (exact) mass is 356 g/mol. The number of amides is 1. The molecule has 1 saturated carbocycles. The van der Waals surface area contributed by atoms with Crippen molar-refractivity contribution in [3.63, 3.8) is 0 Å². The molecule has 2 heterocycles. The van der Waals surface area contributed by atoms with Crippen molar-refractivity contribution in [2.75, 3.05) is 19.6 Å². The number of carbonyl (C=O) groups is 2. The van der Waals surface area contributed by atoms with Crippen LogP contribution in [-0.2, 0) is 15.0 Å². The number of likely N-dealkylation sites (tertiary alicyclic amines) is 1. The molecule has 3 atom stereocenters. The zero-order valence-corrected chi connectivity index (χ0v) is 15.7. The SMILES string of the molecule is Cc1ccc2c(c1)[C@]1(C)CCC(=O)[C@H](NC(=O)CCN3CCCC3)[C@@H]1O2. The quantitative estimate of drug-likeness (QED) is 0.900. The first kappa shape index (κ1) is 17.5. The third-order valence-corrected chi connectivity index (χ3v) is 6.34. The van der Waals surface area contributed by atoms with Gasteiger partial charge in [-0.2, -0.15) is 0 Å². The Kier molecular flexibility index (Phi) is 4.51. The minimum atomic E-state index is -0.549. The Hall–Kier alpha value is -1.88. The number of nitrogens with one attached hydrogen (secondary N) is 1. The number of ether oxygens (including phenoxy) is 1. The highest BCUT2D eigenvalue weighted by molar-refractivity contribution is 5.91. The number of Topliss-reactive ketones (excluding diaryl/α,β-unsaturated/α-hetero) is 1. The highest BCUT2D eigenvalue weighted by Crippen LogP contribution is 2.49. The van der Waals surface area contributed by atoms with Crippen molar-refractivity contribution in [2.45, 2.75) is 63.5 Å². The van der Waals surface area contributed by atoms with E-state index >= 15 is 0 Å². The fourth-order valence-corrected chi connectivity index (χ4v) is 4.70. The minimum absolute atomic E-state index is 0.0461. The number of fused-ring (bicyclic) bond motifs is 3. The van der Waals surface area contributed by atoms with Gasteiger partial charge in [0.25, 0.3) is 0 Å². The van der Waals surface area contributed by atoms with Gasteiger partial charge >= 0.3 is 0 Å². The zero-order valence-electron chi connectivity index (χ0n) is 15.7. The van der Waals surface area contributed by atoms with Gasteiger partial charge in [-0.05, 0) is 45.3 Å². The van der Waals surface area contributed by atoms with Crippen LogP contribution in [0, 0.1) is 6.92 Å². The third kappa shape index (κ3) is 3.02. The Bertz CT molecular complexity index is 726. The number of benzene rings is 1. The summed E-state index contributed by atoms with van der Waals surface area (Å²) in [6.07, 6.45) is 3.83. The first-order valence-electron chi connectivity index (χ1n) is 9.79. The average Bonchev–Trinajstić information content (AvgIpc) is 3.23. The van der Waals surface area contributed by atoms with Gasteiger partial charge in [-0.3, -0.25) is 9.59 Å².